The van der Waals surface area contributed by atoms with E-state index in [0.717, 1.165) is 18.5 Å². The van der Waals surface area contributed by atoms with E-state index in [4.69, 9.17) is 5.73 Å². The molecule has 1 aromatic carbocycles. The number of benzene rings is 1. The van der Waals surface area contributed by atoms with Gasteiger partial charge in [0.2, 0.25) is 0 Å². The molecule has 0 amide bonds. The molecule has 0 aliphatic heterocycles. The summed E-state index contributed by atoms with van der Waals surface area (Å²) in [4.78, 5) is 2.04. The molecule has 0 saturated carbocycles. The minimum Gasteiger partial charge on any atom is -0.367 e. The third-order valence-corrected chi connectivity index (χ3v) is 2.72. The molecule has 2 nitrogen and oxygen atoms in total. The number of anilines is 1. The van der Waals surface area contributed by atoms with Crippen LogP contribution in [0.4, 0.5) is 10.1 Å². The maximum Gasteiger partial charge on any atom is 0.146 e. The van der Waals surface area contributed by atoms with E-state index in [1.165, 1.54) is 0 Å². The van der Waals surface area contributed by atoms with E-state index in [-0.39, 0.29) is 5.82 Å². The molecule has 3 heteroatoms. The highest BCUT2D eigenvalue weighted by molar-refractivity contribution is 5.49. The van der Waals surface area contributed by atoms with Gasteiger partial charge in [0.25, 0.3) is 0 Å². The monoisotopic (exact) mass is 224 g/mol. The first-order chi connectivity index (χ1) is 7.60. The number of hydrogen-bond donors (Lipinski definition) is 1. The van der Waals surface area contributed by atoms with Gasteiger partial charge in [0.05, 0.1) is 5.69 Å². The van der Waals surface area contributed by atoms with Gasteiger partial charge < -0.3 is 10.6 Å². The van der Waals surface area contributed by atoms with Crippen LogP contribution >= 0.6 is 0 Å². The molecule has 0 aromatic heterocycles. The summed E-state index contributed by atoms with van der Waals surface area (Å²) in [5, 5.41) is 0. The Hall–Kier alpha value is -1.09. The Morgan fingerprint density at radius 1 is 1.38 bits per heavy atom. The quantitative estimate of drug-likeness (QED) is 0.833. The van der Waals surface area contributed by atoms with Gasteiger partial charge in [-0.15, -0.1) is 0 Å². The number of rotatable bonds is 5. The number of halogens is 1. The summed E-state index contributed by atoms with van der Waals surface area (Å²) in [6.45, 7) is 7.53. The van der Waals surface area contributed by atoms with Crippen LogP contribution in [-0.4, -0.2) is 19.1 Å². The van der Waals surface area contributed by atoms with Gasteiger partial charge in [-0.2, -0.15) is 0 Å². The summed E-state index contributed by atoms with van der Waals surface area (Å²) in [5.74, 6) is -0.151. The van der Waals surface area contributed by atoms with Crippen LogP contribution in [0, 0.1) is 5.82 Å². The zero-order valence-corrected chi connectivity index (χ0v) is 10.3. The third-order valence-electron chi connectivity index (χ3n) is 2.72. The van der Waals surface area contributed by atoms with Crippen molar-refractivity contribution in [3.8, 4) is 0 Å². The van der Waals surface area contributed by atoms with E-state index >= 15 is 0 Å². The number of nitrogens with zero attached hydrogens (tertiary/aromatic N) is 1. The largest absolute Gasteiger partial charge is 0.367 e. The van der Waals surface area contributed by atoms with Crippen molar-refractivity contribution in [3.05, 3.63) is 29.6 Å². The zero-order chi connectivity index (χ0) is 12.1. The average Bonchev–Trinajstić information content (AvgIpc) is 2.22. The molecule has 0 spiro atoms. The van der Waals surface area contributed by atoms with Gasteiger partial charge in [0.15, 0.2) is 0 Å². The summed E-state index contributed by atoms with van der Waals surface area (Å²) in [6, 6.07) is 5.70. The van der Waals surface area contributed by atoms with Crippen molar-refractivity contribution < 1.29 is 4.39 Å². The van der Waals surface area contributed by atoms with Crippen molar-refractivity contribution in [1.29, 1.82) is 0 Å². The molecule has 0 saturated heterocycles. The van der Waals surface area contributed by atoms with E-state index in [0.29, 0.717) is 18.3 Å². The first-order valence-corrected chi connectivity index (χ1v) is 5.85. The zero-order valence-electron chi connectivity index (χ0n) is 10.3. The minimum absolute atomic E-state index is 0.151. The van der Waals surface area contributed by atoms with E-state index in [2.05, 4.69) is 13.8 Å². The Morgan fingerprint density at radius 2 is 2.06 bits per heavy atom. The molecular weight excluding hydrogens is 203 g/mol. The highest BCUT2D eigenvalue weighted by atomic mass is 19.1. The molecule has 2 N–H and O–H groups in total. The van der Waals surface area contributed by atoms with Crippen molar-refractivity contribution in [2.75, 3.05) is 18.0 Å². The maximum absolute atomic E-state index is 13.9. The van der Waals surface area contributed by atoms with Crippen LogP contribution < -0.4 is 10.6 Å². The second-order valence-corrected chi connectivity index (χ2v) is 4.20. The Kier molecular flexibility index (Phi) is 4.74. The van der Waals surface area contributed by atoms with Crippen molar-refractivity contribution >= 4 is 5.69 Å². The molecule has 90 valence electrons. The van der Waals surface area contributed by atoms with E-state index < -0.39 is 0 Å². The molecule has 0 radical (unpaired) electrons. The molecule has 16 heavy (non-hydrogen) atoms. The Labute approximate surface area is 97.3 Å². The van der Waals surface area contributed by atoms with Crippen LogP contribution in [0.15, 0.2) is 18.2 Å². The standard InChI is InChI=1S/C13H21FN2/c1-4-16(10(2)3)13-6-5-11(7-8-15)9-12(13)14/h5-6,9-10H,4,7-8,15H2,1-3H3. The minimum atomic E-state index is -0.151. The van der Waals surface area contributed by atoms with E-state index in [1.807, 2.05) is 24.0 Å². The normalized spacial score (nSPS) is 10.9. The second-order valence-electron chi connectivity index (χ2n) is 4.20. The highest BCUT2D eigenvalue weighted by Gasteiger charge is 2.13. The predicted molar refractivity (Wildman–Crippen MR) is 67.3 cm³/mol. The molecule has 0 fully saturated rings. The lowest BCUT2D eigenvalue weighted by Gasteiger charge is -2.28. The molecule has 1 aromatic rings. The van der Waals surface area contributed by atoms with Gasteiger partial charge in [0.1, 0.15) is 5.82 Å². The molecule has 0 aliphatic rings. The van der Waals surface area contributed by atoms with Gasteiger partial charge in [0, 0.05) is 12.6 Å². The topological polar surface area (TPSA) is 29.3 Å². The fourth-order valence-electron chi connectivity index (χ4n) is 1.92. The smallest absolute Gasteiger partial charge is 0.146 e. The van der Waals surface area contributed by atoms with Gasteiger partial charge in [-0.3, -0.25) is 0 Å². The van der Waals surface area contributed by atoms with Crippen molar-refractivity contribution in [1.82, 2.24) is 0 Å². The van der Waals surface area contributed by atoms with Gasteiger partial charge in [-0.1, -0.05) is 6.07 Å². The molecule has 0 atom stereocenters. The van der Waals surface area contributed by atoms with Gasteiger partial charge in [-0.05, 0) is 51.4 Å². The Bertz CT molecular complexity index is 337. The van der Waals surface area contributed by atoms with Crippen LogP contribution in [0.2, 0.25) is 0 Å². The molecule has 0 aliphatic carbocycles. The third kappa shape index (κ3) is 2.95. The Morgan fingerprint density at radius 3 is 2.50 bits per heavy atom. The molecular formula is C13H21FN2. The Balaban J connectivity index is 2.97. The average molecular weight is 224 g/mol. The SMILES string of the molecule is CCN(c1ccc(CCN)cc1F)C(C)C. The molecule has 0 bridgehead atoms. The highest BCUT2D eigenvalue weighted by Crippen LogP contribution is 2.22. The summed E-state index contributed by atoms with van der Waals surface area (Å²) in [5.41, 5.74) is 7.09. The van der Waals surface area contributed by atoms with Gasteiger partial charge >= 0.3 is 0 Å². The lowest BCUT2D eigenvalue weighted by molar-refractivity contribution is 0.602. The van der Waals surface area contributed by atoms with E-state index in [1.54, 1.807) is 6.07 Å². The summed E-state index contributed by atoms with van der Waals surface area (Å²) in [6.07, 6.45) is 0.727. The van der Waals surface area contributed by atoms with Gasteiger partial charge in [-0.25, -0.2) is 4.39 Å². The van der Waals surface area contributed by atoms with Crippen molar-refractivity contribution in [2.24, 2.45) is 5.73 Å². The molecule has 1 rings (SSSR count). The fraction of sp³-hybridized carbons (Fsp3) is 0.538. The van der Waals surface area contributed by atoms with Crippen LogP contribution in [0.1, 0.15) is 26.3 Å². The number of nitrogens with two attached hydrogens (primary N) is 1. The summed E-state index contributed by atoms with van der Waals surface area (Å²) >= 11 is 0. The van der Waals surface area contributed by atoms with Crippen LogP contribution in [0.5, 0.6) is 0 Å². The number of hydrogen-bond acceptors (Lipinski definition) is 2. The van der Waals surface area contributed by atoms with Crippen LogP contribution in [0.3, 0.4) is 0 Å². The predicted octanol–water partition coefficient (Wildman–Crippen LogP) is 2.56. The first-order valence-electron chi connectivity index (χ1n) is 5.85. The maximum atomic E-state index is 13.9. The first kappa shape index (κ1) is 13.0. The van der Waals surface area contributed by atoms with Crippen molar-refractivity contribution in [3.63, 3.8) is 0 Å². The van der Waals surface area contributed by atoms with Crippen molar-refractivity contribution in [2.45, 2.75) is 33.2 Å². The van der Waals surface area contributed by atoms with Crippen LogP contribution in [-0.2, 0) is 6.42 Å². The van der Waals surface area contributed by atoms with E-state index in [9.17, 15) is 4.39 Å². The summed E-state index contributed by atoms with van der Waals surface area (Å²) < 4.78 is 13.9. The fourth-order valence-corrected chi connectivity index (χ4v) is 1.92. The second kappa shape index (κ2) is 5.85. The van der Waals surface area contributed by atoms with Crippen LogP contribution in [0.25, 0.3) is 0 Å². The lowest BCUT2D eigenvalue weighted by Crippen LogP contribution is -2.31. The molecule has 0 unspecified atom stereocenters. The molecule has 0 heterocycles. The lowest BCUT2D eigenvalue weighted by atomic mass is 10.1. The summed E-state index contributed by atoms with van der Waals surface area (Å²) in [7, 11) is 0.